The smallest absolute Gasteiger partial charge is 0.0793 e. The summed E-state index contributed by atoms with van der Waals surface area (Å²) in [5.74, 6) is 0. The molecule has 1 atom stereocenters. The Hall–Kier alpha value is -0.0831. The van der Waals surface area contributed by atoms with E-state index in [4.69, 9.17) is 0 Å². The molecule has 0 saturated heterocycles. The molecule has 0 spiro atoms. The lowest BCUT2D eigenvalue weighted by Gasteiger charge is -2.26. The van der Waals surface area contributed by atoms with Gasteiger partial charge in [0.2, 0.25) is 0 Å². The second-order valence-electron chi connectivity index (χ2n) is 4.47. The van der Waals surface area contributed by atoms with Gasteiger partial charge in [-0.1, -0.05) is 57.6 Å². The summed E-state index contributed by atoms with van der Waals surface area (Å²) in [5.41, 5.74) is 1.76. The Balaban J connectivity index is 4.59. The van der Waals surface area contributed by atoms with Crippen LogP contribution in [0.2, 0.25) is 18.1 Å². The van der Waals surface area contributed by atoms with E-state index in [9.17, 15) is 5.11 Å². The maximum atomic E-state index is 9.91. The third kappa shape index (κ3) is 3.97. The van der Waals surface area contributed by atoms with Crippen molar-refractivity contribution in [3.8, 4) is 0 Å². The third-order valence-corrected chi connectivity index (χ3v) is 8.72. The predicted octanol–water partition coefficient (Wildman–Crippen LogP) is 3.75. The summed E-state index contributed by atoms with van der Waals surface area (Å²) in [5, 5.41) is 9.91. The van der Waals surface area contributed by atoms with Gasteiger partial charge in [0.05, 0.1) is 13.7 Å². The number of aliphatic hydroxyl groups is 1. The Labute approximate surface area is 90.2 Å². The topological polar surface area (TPSA) is 20.2 Å². The predicted molar refractivity (Wildman–Crippen MR) is 67.3 cm³/mol. The Bertz CT molecular complexity index is 172. The van der Waals surface area contributed by atoms with Crippen LogP contribution in [-0.4, -0.2) is 18.8 Å². The van der Waals surface area contributed by atoms with Gasteiger partial charge in [0, 0.05) is 0 Å². The lowest BCUT2D eigenvalue weighted by atomic mass is 10.1. The largest absolute Gasteiger partial charge is 0.386 e. The van der Waals surface area contributed by atoms with E-state index in [-0.39, 0.29) is 0 Å². The fourth-order valence-electron chi connectivity index (χ4n) is 1.58. The van der Waals surface area contributed by atoms with Crippen LogP contribution < -0.4 is 0 Å². The molecule has 0 bridgehead atoms. The molecule has 0 aliphatic rings. The molecule has 84 valence electrons. The Morgan fingerprint density at radius 3 is 1.79 bits per heavy atom. The number of rotatable bonds is 6. The molecule has 2 heteroatoms. The molecule has 0 rings (SSSR count). The monoisotopic (exact) mass is 214 g/mol. The molecule has 0 radical (unpaired) electrons. The van der Waals surface area contributed by atoms with Crippen LogP contribution in [0.4, 0.5) is 0 Å². The number of hydrogen-bond donors (Lipinski definition) is 1. The molecular formula is C12H26OSi. The minimum atomic E-state index is -1.18. The first-order chi connectivity index (χ1) is 6.45. The second-order valence-corrected chi connectivity index (χ2v) is 9.65. The van der Waals surface area contributed by atoms with Gasteiger partial charge in [-0.2, -0.15) is 0 Å². The van der Waals surface area contributed by atoms with Gasteiger partial charge < -0.3 is 5.11 Å². The van der Waals surface area contributed by atoms with Gasteiger partial charge in [-0.15, -0.1) is 0 Å². The summed E-state index contributed by atoms with van der Waals surface area (Å²) in [4.78, 5) is 0. The molecule has 0 aliphatic carbocycles. The van der Waals surface area contributed by atoms with Gasteiger partial charge in [0.15, 0.2) is 0 Å². The molecule has 0 aromatic carbocycles. The highest BCUT2D eigenvalue weighted by atomic mass is 28.3. The Morgan fingerprint density at radius 1 is 1.07 bits per heavy atom. The van der Waals surface area contributed by atoms with Gasteiger partial charge in [0.25, 0.3) is 0 Å². The summed E-state index contributed by atoms with van der Waals surface area (Å²) in [6.45, 7) is 10.8. The summed E-state index contributed by atoms with van der Waals surface area (Å²) < 4.78 is 0. The van der Waals surface area contributed by atoms with E-state index in [1.165, 1.54) is 18.1 Å². The van der Waals surface area contributed by atoms with E-state index in [2.05, 4.69) is 26.5 Å². The fourth-order valence-corrected chi connectivity index (χ4v) is 4.50. The van der Waals surface area contributed by atoms with Crippen molar-refractivity contribution >= 4 is 8.07 Å². The second kappa shape index (κ2) is 5.71. The third-order valence-electron chi connectivity index (χ3n) is 3.62. The summed E-state index contributed by atoms with van der Waals surface area (Å²) in [6, 6.07) is 3.86. The van der Waals surface area contributed by atoms with Crippen LogP contribution in [0.5, 0.6) is 0 Å². The minimum absolute atomic E-state index is 0.599. The van der Waals surface area contributed by atoms with Crippen LogP contribution in [0.1, 0.15) is 41.0 Å². The summed E-state index contributed by atoms with van der Waals surface area (Å²) in [7, 11) is -1.18. The normalized spacial score (nSPS) is 17.3. The zero-order chi connectivity index (χ0) is 11.2. The molecule has 14 heavy (non-hydrogen) atoms. The molecule has 0 aliphatic heterocycles. The van der Waals surface area contributed by atoms with E-state index in [0.717, 1.165) is 6.42 Å². The molecular weight excluding hydrogens is 188 g/mol. The van der Waals surface area contributed by atoms with Crippen LogP contribution in [0.25, 0.3) is 0 Å². The average Bonchev–Trinajstić information content (AvgIpc) is 2.21. The highest BCUT2D eigenvalue weighted by molar-refractivity contribution is 6.84. The summed E-state index contributed by atoms with van der Waals surface area (Å²) in [6.07, 6.45) is 2.83. The number of hydrogen-bond acceptors (Lipinski definition) is 1. The highest BCUT2D eigenvalue weighted by Crippen LogP contribution is 2.23. The SMILES string of the molecule is CCC(C)(O)/C=C/[Si](CC)(CC)CC. The van der Waals surface area contributed by atoms with Crippen molar-refractivity contribution in [3.05, 3.63) is 11.8 Å². The molecule has 0 fully saturated rings. The van der Waals surface area contributed by atoms with E-state index in [1.54, 1.807) is 0 Å². The van der Waals surface area contributed by atoms with E-state index < -0.39 is 13.7 Å². The zero-order valence-electron chi connectivity index (χ0n) is 10.4. The van der Waals surface area contributed by atoms with E-state index >= 15 is 0 Å². The molecule has 1 N–H and O–H groups in total. The average molecular weight is 214 g/mol. The van der Waals surface area contributed by atoms with Crippen molar-refractivity contribution < 1.29 is 5.11 Å². The van der Waals surface area contributed by atoms with Crippen molar-refractivity contribution in [2.24, 2.45) is 0 Å². The van der Waals surface area contributed by atoms with Crippen molar-refractivity contribution in [1.29, 1.82) is 0 Å². The molecule has 0 saturated carbocycles. The fraction of sp³-hybridized carbons (Fsp3) is 0.833. The Morgan fingerprint density at radius 2 is 1.50 bits per heavy atom. The van der Waals surface area contributed by atoms with E-state index in [0.29, 0.717) is 0 Å². The van der Waals surface area contributed by atoms with Gasteiger partial charge >= 0.3 is 0 Å². The van der Waals surface area contributed by atoms with Gasteiger partial charge in [-0.3, -0.25) is 0 Å². The van der Waals surface area contributed by atoms with Gasteiger partial charge in [-0.25, -0.2) is 0 Å². The van der Waals surface area contributed by atoms with Crippen molar-refractivity contribution in [3.63, 3.8) is 0 Å². The maximum Gasteiger partial charge on any atom is 0.0793 e. The zero-order valence-corrected chi connectivity index (χ0v) is 11.4. The Kier molecular flexibility index (Phi) is 5.68. The lowest BCUT2D eigenvalue weighted by molar-refractivity contribution is 0.108. The van der Waals surface area contributed by atoms with Crippen LogP contribution in [0.15, 0.2) is 11.8 Å². The molecule has 0 amide bonds. The molecule has 1 unspecified atom stereocenters. The summed E-state index contributed by atoms with van der Waals surface area (Å²) >= 11 is 0. The van der Waals surface area contributed by atoms with Crippen molar-refractivity contribution in [1.82, 2.24) is 0 Å². The van der Waals surface area contributed by atoms with Crippen molar-refractivity contribution in [2.75, 3.05) is 0 Å². The first kappa shape index (κ1) is 13.9. The van der Waals surface area contributed by atoms with Crippen LogP contribution >= 0.6 is 0 Å². The first-order valence-electron chi connectivity index (χ1n) is 5.88. The molecule has 0 aromatic heterocycles. The lowest BCUT2D eigenvalue weighted by Crippen LogP contribution is -2.30. The minimum Gasteiger partial charge on any atom is -0.386 e. The van der Waals surface area contributed by atoms with Crippen molar-refractivity contribution in [2.45, 2.75) is 64.8 Å². The standard InChI is InChI=1S/C12H26OSi/c1-6-12(5,13)10-11-14(7-2,8-3)9-4/h10-11,13H,6-9H2,1-5H3/b11-10+. The van der Waals surface area contributed by atoms with Gasteiger partial charge in [-0.05, 0) is 13.3 Å². The highest BCUT2D eigenvalue weighted by Gasteiger charge is 2.24. The van der Waals surface area contributed by atoms with Gasteiger partial charge in [0.1, 0.15) is 0 Å². The van der Waals surface area contributed by atoms with Crippen LogP contribution in [0.3, 0.4) is 0 Å². The molecule has 0 aromatic rings. The maximum absolute atomic E-state index is 9.91. The molecule has 1 nitrogen and oxygen atoms in total. The first-order valence-corrected chi connectivity index (χ1v) is 8.58. The van der Waals surface area contributed by atoms with Crippen LogP contribution in [0, 0.1) is 0 Å². The van der Waals surface area contributed by atoms with Crippen LogP contribution in [-0.2, 0) is 0 Å². The molecule has 0 heterocycles. The van der Waals surface area contributed by atoms with E-state index in [1.807, 2.05) is 19.9 Å². The quantitative estimate of drug-likeness (QED) is 0.668.